The molecule has 23 heavy (non-hydrogen) atoms. The summed E-state index contributed by atoms with van der Waals surface area (Å²) in [7, 11) is -3.99. The Morgan fingerprint density at radius 2 is 1.65 bits per heavy atom. The average molecular weight is 341 g/mol. The summed E-state index contributed by atoms with van der Waals surface area (Å²) in [5, 5.41) is 10.4. The number of nitrogens with one attached hydrogen (secondary N) is 1. The molecule has 124 valence electrons. The molecule has 0 bridgehead atoms. The second kappa shape index (κ2) is 6.35. The van der Waals surface area contributed by atoms with Crippen LogP contribution in [0.1, 0.15) is 18.1 Å². The van der Waals surface area contributed by atoms with E-state index in [1.807, 2.05) is 0 Å². The zero-order chi connectivity index (χ0) is 17.3. The lowest BCUT2D eigenvalue weighted by Gasteiger charge is -2.24. The molecule has 2 aromatic carbocycles. The molecule has 2 N–H and O–H groups in total. The van der Waals surface area contributed by atoms with Crippen molar-refractivity contribution in [3.63, 3.8) is 0 Å². The molecule has 0 saturated carbocycles. The van der Waals surface area contributed by atoms with Gasteiger partial charge in [0.25, 0.3) is 0 Å². The number of sulfonamides is 1. The number of halogens is 2. The van der Waals surface area contributed by atoms with Gasteiger partial charge in [0.2, 0.25) is 10.0 Å². The van der Waals surface area contributed by atoms with Crippen LogP contribution in [-0.4, -0.2) is 20.1 Å². The van der Waals surface area contributed by atoms with Gasteiger partial charge < -0.3 is 5.11 Å². The predicted molar refractivity (Wildman–Crippen MR) is 82.3 cm³/mol. The van der Waals surface area contributed by atoms with Crippen LogP contribution in [0.25, 0.3) is 0 Å². The number of aliphatic hydroxyl groups is 1. The van der Waals surface area contributed by atoms with Gasteiger partial charge in [-0.1, -0.05) is 18.2 Å². The largest absolute Gasteiger partial charge is 0.384 e. The number of hydrogen-bond donors (Lipinski definition) is 2. The molecule has 4 nitrogen and oxygen atoms in total. The molecular weight excluding hydrogens is 324 g/mol. The first kappa shape index (κ1) is 17.5. The van der Waals surface area contributed by atoms with Crippen LogP contribution in [0.3, 0.4) is 0 Å². The van der Waals surface area contributed by atoms with E-state index in [0.717, 1.165) is 6.07 Å². The molecule has 1 atom stereocenters. The van der Waals surface area contributed by atoms with Gasteiger partial charge in [0.05, 0.1) is 4.90 Å². The maximum Gasteiger partial charge on any atom is 0.241 e. The summed E-state index contributed by atoms with van der Waals surface area (Å²) < 4.78 is 53.0. The van der Waals surface area contributed by atoms with Crippen molar-refractivity contribution < 1.29 is 22.3 Å². The number of hydrogen-bond acceptors (Lipinski definition) is 3. The SMILES string of the molecule is Cc1ccc(F)cc1S(=O)(=O)NCC(C)(O)c1ccc(F)cc1. The molecule has 7 heteroatoms. The molecule has 2 aromatic rings. The van der Waals surface area contributed by atoms with Gasteiger partial charge in [-0.2, -0.15) is 0 Å². The van der Waals surface area contributed by atoms with Gasteiger partial charge in [0, 0.05) is 6.54 Å². The molecule has 0 aliphatic carbocycles. The van der Waals surface area contributed by atoms with Crippen molar-refractivity contribution in [2.24, 2.45) is 0 Å². The topological polar surface area (TPSA) is 66.4 Å². The molecule has 0 fully saturated rings. The van der Waals surface area contributed by atoms with Crippen LogP contribution in [-0.2, 0) is 15.6 Å². The highest BCUT2D eigenvalue weighted by molar-refractivity contribution is 7.89. The third-order valence-corrected chi connectivity index (χ3v) is 5.06. The zero-order valence-corrected chi connectivity index (χ0v) is 13.5. The van der Waals surface area contributed by atoms with E-state index in [1.165, 1.54) is 43.3 Å². The van der Waals surface area contributed by atoms with Crippen LogP contribution in [0, 0.1) is 18.6 Å². The highest BCUT2D eigenvalue weighted by atomic mass is 32.2. The smallest absolute Gasteiger partial charge is 0.241 e. The van der Waals surface area contributed by atoms with Gasteiger partial charge >= 0.3 is 0 Å². The van der Waals surface area contributed by atoms with Crippen LogP contribution < -0.4 is 4.72 Å². The lowest BCUT2D eigenvalue weighted by Crippen LogP contribution is -2.38. The first-order chi connectivity index (χ1) is 10.6. The quantitative estimate of drug-likeness (QED) is 0.878. The van der Waals surface area contributed by atoms with Gasteiger partial charge in [-0.25, -0.2) is 21.9 Å². The van der Waals surface area contributed by atoms with E-state index < -0.39 is 27.3 Å². The number of rotatable bonds is 5. The fraction of sp³-hybridized carbons (Fsp3) is 0.250. The Hall–Kier alpha value is -1.83. The van der Waals surface area contributed by atoms with Gasteiger partial charge in [-0.3, -0.25) is 0 Å². The van der Waals surface area contributed by atoms with Crippen LogP contribution >= 0.6 is 0 Å². The van der Waals surface area contributed by atoms with Crippen molar-refractivity contribution in [2.75, 3.05) is 6.54 Å². The van der Waals surface area contributed by atoms with E-state index in [2.05, 4.69) is 4.72 Å². The minimum Gasteiger partial charge on any atom is -0.384 e. The molecule has 0 aliphatic heterocycles. The fourth-order valence-corrected chi connectivity index (χ4v) is 3.47. The Kier molecular flexibility index (Phi) is 4.84. The van der Waals surface area contributed by atoms with Crippen LogP contribution in [0.2, 0.25) is 0 Å². The summed E-state index contributed by atoms with van der Waals surface area (Å²) in [6, 6.07) is 8.55. The summed E-state index contributed by atoms with van der Waals surface area (Å²) >= 11 is 0. The third-order valence-electron chi connectivity index (χ3n) is 3.51. The Morgan fingerprint density at radius 1 is 1.09 bits per heavy atom. The molecule has 0 radical (unpaired) electrons. The monoisotopic (exact) mass is 341 g/mol. The van der Waals surface area contributed by atoms with Crippen molar-refractivity contribution in [2.45, 2.75) is 24.3 Å². The van der Waals surface area contributed by atoms with E-state index in [1.54, 1.807) is 6.92 Å². The van der Waals surface area contributed by atoms with Gasteiger partial charge in [0.1, 0.15) is 17.2 Å². The lowest BCUT2D eigenvalue weighted by atomic mass is 9.96. The third kappa shape index (κ3) is 4.13. The Morgan fingerprint density at radius 3 is 2.26 bits per heavy atom. The molecule has 0 aliphatic rings. The number of aryl methyl sites for hydroxylation is 1. The summed E-state index contributed by atoms with van der Waals surface area (Å²) in [4.78, 5) is -0.188. The molecule has 0 heterocycles. The first-order valence-corrected chi connectivity index (χ1v) is 8.34. The molecule has 1 unspecified atom stereocenters. The molecular formula is C16H17F2NO3S. The second-order valence-electron chi connectivity index (χ2n) is 5.52. The van der Waals surface area contributed by atoms with E-state index in [4.69, 9.17) is 0 Å². The van der Waals surface area contributed by atoms with Crippen molar-refractivity contribution in [3.8, 4) is 0 Å². The van der Waals surface area contributed by atoms with Crippen LogP contribution in [0.4, 0.5) is 8.78 Å². The van der Waals surface area contributed by atoms with Crippen molar-refractivity contribution in [1.82, 2.24) is 4.72 Å². The molecule has 2 rings (SSSR count). The summed E-state index contributed by atoms with van der Waals surface area (Å²) in [5.74, 6) is -1.12. The van der Waals surface area contributed by atoms with Gasteiger partial charge in [-0.15, -0.1) is 0 Å². The Bertz CT molecular complexity index is 803. The minimum absolute atomic E-state index is 0.188. The Labute approximate surface area is 133 Å². The van der Waals surface area contributed by atoms with Crippen molar-refractivity contribution in [1.29, 1.82) is 0 Å². The highest BCUT2D eigenvalue weighted by Gasteiger charge is 2.27. The summed E-state index contributed by atoms with van der Waals surface area (Å²) in [6.07, 6.45) is 0. The van der Waals surface area contributed by atoms with Crippen molar-refractivity contribution >= 4 is 10.0 Å². The maximum atomic E-state index is 13.3. The minimum atomic E-state index is -3.99. The Balaban J connectivity index is 2.21. The second-order valence-corrected chi connectivity index (χ2v) is 7.25. The highest BCUT2D eigenvalue weighted by Crippen LogP contribution is 2.22. The lowest BCUT2D eigenvalue weighted by molar-refractivity contribution is 0.0627. The predicted octanol–water partition coefficient (Wildman–Crippen LogP) is 2.46. The standard InChI is InChI=1S/C16H17F2NO3S/c1-11-3-6-14(18)9-15(11)23(21,22)19-10-16(2,20)12-4-7-13(17)8-5-12/h3-9,19-20H,10H2,1-2H3. The molecule has 0 amide bonds. The zero-order valence-electron chi connectivity index (χ0n) is 12.7. The van der Waals surface area contributed by atoms with Gasteiger partial charge in [0.15, 0.2) is 0 Å². The maximum absolute atomic E-state index is 13.3. The average Bonchev–Trinajstić information content (AvgIpc) is 2.48. The summed E-state index contributed by atoms with van der Waals surface area (Å²) in [6.45, 7) is 2.62. The normalized spacial score (nSPS) is 14.5. The van der Waals surface area contributed by atoms with Gasteiger partial charge in [-0.05, 0) is 49.2 Å². The van der Waals surface area contributed by atoms with E-state index in [0.29, 0.717) is 11.1 Å². The first-order valence-electron chi connectivity index (χ1n) is 6.86. The van der Waals surface area contributed by atoms with E-state index in [-0.39, 0.29) is 11.4 Å². The van der Waals surface area contributed by atoms with Crippen LogP contribution in [0.5, 0.6) is 0 Å². The number of benzene rings is 2. The molecule has 0 aromatic heterocycles. The van der Waals surface area contributed by atoms with E-state index in [9.17, 15) is 22.3 Å². The summed E-state index contributed by atoms with van der Waals surface area (Å²) in [5.41, 5.74) is -0.792. The van der Waals surface area contributed by atoms with Crippen molar-refractivity contribution in [3.05, 3.63) is 65.2 Å². The molecule has 0 saturated heterocycles. The van der Waals surface area contributed by atoms with E-state index >= 15 is 0 Å². The molecule has 0 spiro atoms. The fourth-order valence-electron chi connectivity index (χ4n) is 2.09. The van der Waals surface area contributed by atoms with Crippen LogP contribution in [0.15, 0.2) is 47.4 Å².